The average molecular weight is 262 g/mol. The van der Waals surface area contributed by atoms with Crippen molar-refractivity contribution in [3.8, 4) is 0 Å². The fourth-order valence-electron chi connectivity index (χ4n) is 2.61. The van der Waals surface area contributed by atoms with Crippen LogP contribution in [0, 0.1) is 12.8 Å². The Morgan fingerprint density at radius 2 is 2.16 bits per heavy atom. The topological polar surface area (TPSA) is 71.2 Å². The summed E-state index contributed by atoms with van der Waals surface area (Å²) in [4.78, 5) is 18.2. The zero-order valence-electron chi connectivity index (χ0n) is 11.6. The van der Waals surface area contributed by atoms with Gasteiger partial charge in [0.1, 0.15) is 5.82 Å². The molecular weight excluding hydrogens is 240 g/mol. The van der Waals surface area contributed by atoms with Gasteiger partial charge in [-0.15, -0.1) is 0 Å². The third kappa shape index (κ3) is 3.23. The molecule has 0 spiro atoms. The van der Waals surface area contributed by atoms with Crippen molar-refractivity contribution in [3.63, 3.8) is 0 Å². The first-order valence-electron chi connectivity index (χ1n) is 6.79. The van der Waals surface area contributed by atoms with Crippen molar-refractivity contribution in [2.24, 2.45) is 11.7 Å². The number of carbonyl (C=O) groups excluding carboxylic acids is 1. The largest absolute Gasteiger partial charge is 0.365 e. The Kier molecular flexibility index (Phi) is 4.37. The number of carbonyl (C=O) groups is 1. The van der Waals surface area contributed by atoms with Crippen molar-refractivity contribution in [3.05, 3.63) is 23.4 Å². The number of hydrogen-bond donors (Lipinski definition) is 2. The van der Waals surface area contributed by atoms with Gasteiger partial charge >= 0.3 is 0 Å². The van der Waals surface area contributed by atoms with Crippen LogP contribution in [0.4, 0.5) is 5.82 Å². The zero-order valence-corrected chi connectivity index (χ0v) is 11.6. The van der Waals surface area contributed by atoms with Crippen molar-refractivity contribution in [1.29, 1.82) is 0 Å². The van der Waals surface area contributed by atoms with Gasteiger partial charge in [0.15, 0.2) is 0 Å². The molecule has 1 saturated heterocycles. The van der Waals surface area contributed by atoms with Gasteiger partial charge in [-0.2, -0.15) is 0 Å². The number of amides is 1. The predicted octanol–water partition coefficient (Wildman–Crippen LogP) is 0.925. The quantitative estimate of drug-likeness (QED) is 0.846. The number of hydrogen-bond acceptors (Lipinski definition) is 4. The summed E-state index contributed by atoms with van der Waals surface area (Å²) in [5, 5.41) is 3.22. The number of pyridine rings is 1. The molecule has 104 valence electrons. The van der Waals surface area contributed by atoms with E-state index in [1.54, 1.807) is 6.07 Å². The predicted molar refractivity (Wildman–Crippen MR) is 76.4 cm³/mol. The normalized spacial score (nSPS) is 16.6. The zero-order chi connectivity index (χ0) is 13.8. The van der Waals surface area contributed by atoms with E-state index in [4.69, 9.17) is 5.73 Å². The second kappa shape index (κ2) is 6.02. The summed E-state index contributed by atoms with van der Waals surface area (Å²) in [6, 6.07) is 3.61. The summed E-state index contributed by atoms with van der Waals surface area (Å²) in [6.07, 6.45) is 2.24. The molecule has 0 unspecified atom stereocenters. The van der Waals surface area contributed by atoms with E-state index in [1.807, 2.05) is 20.0 Å². The minimum absolute atomic E-state index is 0.403. The van der Waals surface area contributed by atoms with Crippen LogP contribution in [-0.2, 0) is 0 Å². The first-order valence-corrected chi connectivity index (χ1v) is 6.79. The van der Waals surface area contributed by atoms with E-state index >= 15 is 0 Å². The number of aryl methyl sites for hydroxylation is 1. The molecule has 3 N–H and O–H groups in total. The summed E-state index contributed by atoms with van der Waals surface area (Å²) in [5.74, 6) is 1.05. The summed E-state index contributed by atoms with van der Waals surface area (Å²) in [7, 11) is 1.99. The van der Waals surface area contributed by atoms with Gasteiger partial charge in [-0.25, -0.2) is 4.98 Å². The molecule has 0 saturated carbocycles. The standard InChI is InChI=1S/C14H22N4O/c1-10-3-4-12(13(15)19)14(17-10)18-7-5-11(6-8-18)9-16-2/h3-4,11,16H,5-9H2,1-2H3,(H2,15,19). The number of aromatic nitrogens is 1. The number of anilines is 1. The molecule has 1 aromatic rings. The van der Waals surface area contributed by atoms with Crippen LogP contribution < -0.4 is 16.0 Å². The summed E-state index contributed by atoms with van der Waals surface area (Å²) < 4.78 is 0. The molecule has 2 rings (SSSR count). The Labute approximate surface area is 114 Å². The molecule has 1 aliphatic heterocycles. The molecule has 0 aromatic carbocycles. The molecule has 0 bridgehead atoms. The highest BCUT2D eigenvalue weighted by Crippen LogP contribution is 2.24. The first kappa shape index (κ1) is 13.8. The second-order valence-electron chi connectivity index (χ2n) is 5.18. The van der Waals surface area contributed by atoms with E-state index in [0.29, 0.717) is 11.5 Å². The van der Waals surface area contributed by atoms with Crippen molar-refractivity contribution in [2.75, 3.05) is 31.6 Å². The lowest BCUT2D eigenvalue weighted by molar-refractivity contribution is 0.100. The number of nitrogens with one attached hydrogen (secondary N) is 1. The van der Waals surface area contributed by atoms with Crippen molar-refractivity contribution in [2.45, 2.75) is 19.8 Å². The fraction of sp³-hybridized carbons (Fsp3) is 0.571. The van der Waals surface area contributed by atoms with Crippen LogP contribution in [0.5, 0.6) is 0 Å². The van der Waals surface area contributed by atoms with Crippen molar-refractivity contribution < 1.29 is 4.79 Å². The molecule has 0 radical (unpaired) electrons. The van der Waals surface area contributed by atoms with Crippen LogP contribution in [0.1, 0.15) is 28.9 Å². The van der Waals surface area contributed by atoms with Gasteiger partial charge in [0, 0.05) is 18.8 Å². The second-order valence-corrected chi connectivity index (χ2v) is 5.18. The summed E-state index contributed by atoms with van der Waals surface area (Å²) in [6.45, 7) is 4.85. The first-order chi connectivity index (χ1) is 9.11. The molecule has 19 heavy (non-hydrogen) atoms. The minimum atomic E-state index is -0.403. The molecule has 1 fully saturated rings. The van der Waals surface area contributed by atoms with Crippen LogP contribution in [0.3, 0.4) is 0 Å². The Morgan fingerprint density at radius 3 is 2.74 bits per heavy atom. The molecule has 1 aromatic heterocycles. The van der Waals surface area contributed by atoms with Gasteiger partial charge < -0.3 is 16.0 Å². The van der Waals surface area contributed by atoms with E-state index in [-0.39, 0.29) is 0 Å². The maximum Gasteiger partial charge on any atom is 0.252 e. The lowest BCUT2D eigenvalue weighted by Gasteiger charge is -2.33. The van der Waals surface area contributed by atoms with Crippen LogP contribution in [-0.4, -0.2) is 37.6 Å². The Balaban J connectivity index is 2.14. The maximum atomic E-state index is 11.5. The number of piperidine rings is 1. The Morgan fingerprint density at radius 1 is 1.47 bits per heavy atom. The molecule has 0 aliphatic carbocycles. The number of primary amides is 1. The van der Waals surface area contributed by atoms with E-state index < -0.39 is 5.91 Å². The molecule has 5 heteroatoms. The van der Waals surface area contributed by atoms with Gasteiger partial charge in [-0.1, -0.05) is 0 Å². The van der Waals surface area contributed by atoms with Crippen LogP contribution >= 0.6 is 0 Å². The van der Waals surface area contributed by atoms with E-state index in [1.165, 1.54) is 0 Å². The summed E-state index contributed by atoms with van der Waals surface area (Å²) >= 11 is 0. The minimum Gasteiger partial charge on any atom is -0.365 e. The highest BCUT2D eigenvalue weighted by Gasteiger charge is 2.23. The van der Waals surface area contributed by atoms with E-state index in [2.05, 4.69) is 15.2 Å². The van der Waals surface area contributed by atoms with Crippen LogP contribution in [0.2, 0.25) is 0 Å². The summed E-state index contributed by atoms with van der Waals surface area (Å²) in [5.41, 5.74) is 6.87. The monoisotopic (exact) mass is 262 g/mol. The molecule has 2 heterocycles. The average Bonchev–Trinajstić information content (AvgIpc) is 2.39. The SMILES string of the molecule is CNCC1CCN(c2nc(C)ccc2C(N)=O)CC1. The lowest BCUT2D eigenvalue weighted by atomic mass is 9.96. The third-order valence-corrected chi connectivity index (χ3v) is 3.69. The number of nitrogens with zero attached hydrogens (tertiary/aromatic N) is 2. The smallest absolute Gasteiger partial charge is 0.252 e. The van der Waals surface area contributed by atoms with Crippen molar-refractivity contribution >= 4 is 11.7 Å². The fourth-order valence-corrected chi connectivity index (χ4v) is 2.61. The van der Waals surface area contributed by atoms with Crippen LogP contribution in [0.15, 0.2) is 12.1 Å². The van der Waals surface area contributed by atoms with Crippen LogP contribution in [0.25, 0.3) is 0 Å². The maximum absolute atomic E-state index is 11.5. The molecule has 0 atom stereocenters. The molecular formula is C14H22N4O. The molecule has 1 aliphatic rings. The highest BCUT2D eigenvalue weighted by atomic mass is 16.1. The van der Waals surface area contributed by atoms with Crippen molar-refractivity contribution in [1.82, 2.24) is 10.3 Å². The Bertz CT molecular complexity index is 453. The molecule has 5 nitrogen and oxygen atoms in total. The van der Waals surface area contributed by atoms with Gasteiger partial charge in [0.25, 0.3) is 5.91 Å². The molecule has 1 amide bonds. The van der Waals surface area contributed by atoms with E-state index in [0.717, 1.165) is 44.0 Å². The van der Waals surface area contributed by atoms with E-state index in [9.17, 15) is 4.79 Å². The number of rotatable bonds is 4. The Hall–Kier alpha value is -1.62. The van der Waals surface area contributed by atoms with Gasteiger partial charge in [0.05, 0.1) is 5.56 Å². The lowest BCUT2D eigenvalue weighted by Crippen LogP contribution is -2.38. The number of nitrogens with two attached hydrogens (primary N) is 1. The highest BCUT2D eigenvalue weighted by molar-refractivity contribution is 5.97. The van der Waals surface area contributed by atoms with Gasteiger partial charge in [-0.3, -0.25) is 4.79 Å². The van der Waals surface area contributed by atoms with Gasteiger partial charge in [-0.05, 0) is 51.4 Å². The van der Waals surface area contributed by atoms with Gasteiger partial charge in [0.2, 0.25) is 0 Å². The third-order valence-electron chi connectivity index (χ3n) is 3.69.